The van der Waals surface area contributed by atoms with Crippen LogP contribution in [0.1, 0.15) is 38.5 Å². The molecule has 3 rings (SSSR count). The monoisotopic (exact) mass is 265 g/mol. The van der Waals surface area contributed by atoms with Gasteiger partial charge >= 0.3 is 0 Å². The number of carbonyl (C=O) groups excluding carboxylic acids is 2. The number of carbonyl (C=O) groups is 2. The molecule has 106 valence electrons. The molecule has 1 saturated carbocycles. The van der Waals surface area contributed by atoms with Crippen molar-refractivity contribution >= 4 is 11.8 Å². The van der Waals surface area contributed by atoms with Crippen LogP contribution in [0.4, 0.5) is 0 Å². The van der Waals surface area contributed by atoms with Crippen molar-refractivity contribution in [3.8, 4) is 0 Å². The van der Waals surface area contributed by atoms with Gasteiger partial charge in [-0.15, -0.1) is 0 Å². The zero-order valence-electron chi connectivity index (χ0n) is 11.4. The van der Waals surface area contributed by atoms with Gasteiger partial charge in [0.1, 0.15) is 0 Å². The number of nitrogens with one attached hydrogen (secondary N) is 2. The summed E-state index contributed by atoms with van der Waals surface area (Å²) in [4.78, 5) is 25.8. The molecule has 5 heteroatoms. The summed E-state index contributed by atoms with van der Waals surface area (Å²) in [6.07, 6.45) is 6.04. The standard InChI is InChI=1S/C14H23N3O2/c18-13-4-1-10(9-15-13)14(19)16-11-5-7-17(8-6-11)12-2-3-12/h10-12H,1-9H2,(H,15,18)(H,16,19). The van der Waals surface area contributed by atoms with Crippen LogP contribution in [-0.2, 0) is 9.59 Å². The maximum Gasteiger partial charge on any atom is 0.225 e. The van der Waals surface area contributed by atoms with Gasteiger partial charge in [-0.3, -0.25) is 9.59 Å². The number of hydrogen-bond acceptors (Lipinski definition) is 3. The molecule has 2 heterocycles. The molecule has 1 unspecified atom stereocenters. The summed E-state index contributed by atoms with van der Waals surface area (Å²) < 4.78 is 0. The summed E-state index contributed by atoms with van der Waals surface area (Å²) in [7, 11) is 0. The van der Waals surface area contributed by atoms with Crippen LogP contribution in [0.2, 0.25) is 0 Å². The second kappa shape index (κ2) is 5.49. The Morgan fingerprint density at radius 2 is 1.89 bits per heavy atom. The molecule has 0 aromatic heterocycles. The van der Waals surface area contributed by atoms with E-state index in [0.717, 1.165) is 32.0 Å². The Labute approximate surface area is 114 Å². The minimum absolute atomic E-state index is 0.0286. The van der Waals surface area contributed by atoms with Gasteiger partial charge in [0.15, 0.2) is 0 Å². The van der Waals surface area contributed by atoms with Gasteiger partial charge in [0, 0.05) is 38.1 Å². The molecule has 2 aliphatic heterocycles. The molecule has 2 N–H and O–H groups in total. The Bertz CT molecular complexity index is 350. The van der Waals surface area contributed by atoms with Crippen molar-refractivity contribution in [3.63, 3.8) is 0 Å². The van der Waals surface area contributed by atoms with E-state index >= 15 is 0 Å². The van der Waals surface area contributed by atoms with E-state index in [1.807, 2.05) is 0 Å². The van der Waals surface area contributed by atoms with E-state index in [2.05, 4.69) is 15.5 Å². The Morgan fingerprint density at radius 3 is 2.47 bits per heavy atom. The highest BCUT2D eigenvalue weighted by Gasteiger charge is 2.33. The first kappa shape index (κ1) is 12.9. The largest absolute Gasteiger partial charge is 0.355 e. The van der Waals surface area contributed by atoms with E-state index in [4.69, 9.17) is 0 Å². The molecule has 0 radical (unpaired) electrons. The molecule has 2 amide bonds. The zero-order chi connectivity index (χ0) is 13.2. The van der Waals surface area contributed by atoms with E-state index in [-0.39, 0.29) is 17.7 Å². The zero-order valence-corrected chi connectivity index (χ0v) is 11.4. The predicted molar refractivity (Wildman–Crippen MR) is 71.5 cm³/mol. The Balaban J connectivity index is 1.41. The molecule has 5 nitrogen and oxygen atoms in total. The summed E-state index contributed by atoms with van der Waals surface area (Å²) in [6.45, 7) is 2.75. The van der Waals surface area contributed by atoms with E-state index in [1.165, 1.54) is 12.8 Å². The van der Waals surface area contributed by atoms with Gasteiger partial charge in [-0.05, 0) is 32.1 Å². The van der Waals surface area contributed by atoms with Gasteiger partial charge < -0.3 is 15.5 Å². The van der Waals surface area contributed by atoms with Crippen LogP contribution >= 0.6 is 0 Å². The third-order valence-corrected chi connectivity index (χ3v) is 4.58. The van der Waals surface area contributed by atoms with Crippen LogP contribution in [0.3, 0.4) is 0 Å². The van der Waals surface area contributed by atoms with Gasteiger partial charge in [0.05, 0.1) is 5.92 Å². The number of likely N-dealkylation sites (tertiary alicyclic amines) is 1. The number of rotatable bonds is 3. The normalized spacial score (nSPS) is 29.9. The lowest BCUT2D eigenvalue weighted by atomic mass is 9.97. The fraction of sp³-hybridized carbons (Fsp3) is 0.857. The molecule has 1 atom stereocenters. The second-order valence-electron chi connectivity index (χ2n) is 6.09. The van der Waals surface area contributed by atoms with Crippen LogP contribution in [0.25, 0.3) is 0 Å². The van der Waals surface area contributed by atoms with Crippen molar-refractivity contribution in [1.82, 2.24) is 15.5 Å². The molecule has 19 heavy (non-hydrogen) atoms. The lowest BCUT2D eigenvalue weighted by molar-refractivity contribution is -0.129. The highest BCUT2D eigenvalue weighted by Crippen LogP contribution is 2.29. The molecular formula is C14H23N3O2. The Morgan fingerprint density at radius 1 is 1.16 bits per heavy atom. The van der Waals surface area contributed by atoms with Gasteiger partial charge in [0.25, 0.3) is 0 Å². The quantitative estimate of drug-likeness (QED) is 0.769. The first-order chi connectivity index (χ1) is 9.22. The van der Waals surface area contributed by atoms with Crippen LogP contribution < -0.4 is 10.6 Å². The third-order valence-electron chi connectivity index (χ3n) is 4.58. The third kappa shape index (κ3) is 3.26. The fourth-order valence-electron chi connectivity index (χ4n) is 3.12. The van der Waals surface area contributed by atoms with E-state index in [9.17, 15) is 9.59 Å². The minimum atomic E-state index is -0.0286. The Kier molecular flexibility index (Phi) is 3.73. The molecule has 2 saturated heterocycles. The summed E-state index contributed by atoms with van der Waals surface area (Å²) >= 11 is 0. The predicted octanol–water partition coefficient (Wildman–Crippen LogP) is 0.256. The first-order valence-electron chi connectivity index (χ1n) is 7.53. The van der Waals surface area contributed by atoms with Crippen LogP contribution in [-0.4, -0.2) is 48.4 Å². The number of amides is 2. The average Bonchev–Trinajstić information content (AvgIpc) is 3.25. The first-order valence-corrected chi connectivity index (χ1v) is 7.53. The molecule has 3 aliphatic rings. The van der Waals surface area contributed by atoms with Crippen LogP contribution in [0.5, 0.6) is 0 Å². The van der Waals surface area contributed by atoms with Crippen molar-refractivity contribution in [3.05, 3.63) is 0 Å². The summed E-state index contributed by atoms with van der Waals surface area (Å²) in [5.74, 6) is 0.172. The van der Waals surface area contributed by atoms with Gasteiger partial charge in [-0.2, -0.15) is 0 Å². The number of nitrogens with zero attached hydrogens (tertiary/aromatic N) is 1. The molecule has 3 fully saturated rings. The van der Waals surface area contributed by atoms with E-state index < -0.39 is 0 Å². The highest BCUT2D eigenvalue weighted by atomic mass is 16.2. The maximum atomic E-state index is 12.1. The van der Waals surface area contributed by atoms with Gasteiger partial charge in [-0.25, -0.2) is 0 Å². The van der Waals surface area contributed by atoms with Crippen LogP contribution in [0, 0.1) is 5.92 Å². The molecule has 0 aromatic carbocycles. The SMILES string of the molecule is O=C1CCC(C(=O)NC2CCN(C3CC3)CC2)CN1. The van der Waals surface area contributed by atoms with Crippen molar-refractivity contribution < 1.29 is 9.59 Å². The number of hydrogen-bond donors (Lipinski definition) is 2. The highest BCUT2D eigenvalue weighted by molar-refractivity contribution is 5.83. The van der Waals surface area contributed by atoms with Gasteiger partial charge in [0.2, 0.25) is 11.8 Å². The van der Waals surface area contributed by atoms with Crippen molar-refractivity contribution in [2.24, 2.45) is 5.92 Å². The Hall–Kier alpha value is -1.10. The van der Waals surface area contributed by atoms with E-state index in [0.29, 0.717) is 25.4 Å². The van der Waals surface area contributed by atoms with Crippen LogP contribution in [0.15, 0.2) is 0 Å². The molecular weight excluding hydrogens is 242 g/mol. The summed E-state index contributed by atoms with van der Waals surface area (Å²) in [5.41, 5.74) is 0. The fourth-order valence-corrected chi connectivity index (χ4v) is 3.12. The number of piperidine rings is 2. The lowest BCUT2D eigenvalue weighted by Crippen LogP contribution is -2.49. The van der Waals surface area contributed by atoms with Gasteiger partial charge in [-0.1, -0.05) is 0 Å². The topological polar surface area (TPSA) is 61.4 Å². The smallest absolute Gasteiger partial charge is 0.225 e. The average molecular weight is 265 g/mol. The summed E-state index contributed by atoms with van der Waals surface area (Å²) in [5, 5.41) is 5.94. The molecule has 0 aromatic rings. The maximum absolute atomic E-state index is 12.1. The van der Waals surface area contributed by atoms with Crippen molar-refractivity contribution in [2.45, 2.75) is 50.6 Å². The van der Waals surface area contributed by atoms with E-state index in [1.54, 1.807) is 0 Å². The molecule has 0 spiro atoms. The molecule has 0 bridgehead atoms. The summed E-state index contributed by atoms with van der Waals surface area (Å²) in [6, 6.07) is 1.17. The minimum Gasteiger partial charge on any atom is -0.355 e. The lowest BCUT2D eigenvalue weighted by Gasteiger charge is -2.33. The molecule has 1 aliphatic carbocycles. The second-order valence-corrected chi connectivity index (χ2v) is 6.09. The van der Waals surface area contributed by atoms with Crippen molar-refractivity contribution in [1.29, 1.82) is 0 Å². The van der Waals surface area contributed by atoms with Crippen molar-refractivity contribution in [2.75, 3.05) is 19.6 Å².